The zero-order chi connectivity index (χ0) is 18.1. The Labute approximate surface area is 149 Å². The van der Waals surface area contributed by atoms with Gasteiger partial charge in [-0.15, -0.1) is 11.3 Å². The average Bonchev–Trinajstić information content (AvgIpc) is 2.90. The monoisotopic (exact) mass is 375 g/mol. The van der Waals surface area contributed by atoms with Crippen LogP contribution < -0.4 is 11.3 Å². The number of rotatable bonds is 5. The summed E-state index contributed by atoms with van der Waals surface area (Å²) >= 11 is 2.37. The molecule has 9 heteroatoms. The second-order valence-corrected chi connectivity index (χ2v) is 7.23. The highest BCUT2D eigenvalue weighted by Crippen LogP contribution is 2.28. The van der Waals surface area contributed by atoms with Crippen molar-refractivity contribution in [2.75, 3.05) is 0 Å². The van der Waals surface area contributed by atoms with Crippen molar-refractivity contribution in [3.05, 3.63) is 56.2 Å². The highest BCUT2D eigenvalue weighted by Gasteiger charge is 2.17. The molecule has 128 valence electrons. The number of H-pyrrole nitrogens is 1. The third kappa shape index (κ3) is 3.42. The van der Waals surface area contributed by atoms with Crippen molar-refractivity contribution >= 4 is 45.2 Å². The molecule has 25 heavy (non-hydrogen) atoms. The number of aryl methyl sites for hydroxylation is 1. The molecule has 0 aliphatic rings. The number of nitrogens with two attached hydrogens (primary N) is 1. The minimum Gasteiger partial charge on any atom is -0.478 e. The van der Waals surface area contributed by atoms with Gasteiger partial charge in [-0.1, -0.05) is 23.9 Å². The van der Waals surface area contributed by atoms with Crippen LogP contribution in [0.4, 0.5) is 0 Å². The Morgan fingerprint density at radius 2 is 2.16 bits per heavy atom. The number of amides is 1. The molecule has 3 aromatic rings. The molecule has 0 aliphatic heterocycles. The van der Waals surface area contributed by atoms with Crippen LogP contribution in [-0.2, 0) is 5.75 Å². The van der Waals surface area contributed by atoms with Crippen LogP contribution in [0, 0.1) is 6.92 Å². The summed E-state index contributed by atoms with van der Waals surface area (Å²) in [7, 11) is 0. The number of thiophene rings is 1. The smallest absolute Gasteiger partial charge is 0.335 e. The van der Waals surface area contributed by atoms with E-state index in [0.717, 1.165) is 16.9 Å². The van der Waals surface area contributed by atoms with E-state index in [4.69, 9.17) is 10.8 Å². The van der Waals surface area contributed by atoms with E-state index in [9.17, 15) is 14.4 Å². The highest BCUT2D eigenvalue weighted by molar-refractivity contribution is 7.98. The summed E-state index contributed by atoms with van der Waals surface area (Å²) in [6, 6.07) is 6.56. The van der Waals surface area contributed by atoms with Crippen LogP contribution in [0.25, 0.3) is 10.2 Å². The number of fused-ring (bicyclic) bond motifs is 1. The third-order valence-electron chi connectivity index (χ3n) is 3.55. The van der Waals surface area contributed by atoms with Gasteiger partial charge in [0.2, 0.25) is 0 Å². The SMILES string of the molecule is Cc1c(C(N)=O)sc2nc(SCc3cccc(C(=O)O)c3)[nH]c(=O)c12. The van der Waals surface area contributed by atoms with Crippen molar-refractivity contribution in [3.63, 3.8) is 0 Å². The number of benzene rings is 1. The molecule has 0 aliphatic carbocycles. The fraction of sp³-hybridized carbons (Fsp3) is 0.125. The first kappa shape index (κ1) is 17.2. The molecule has 0 saturated carbocycles. The fourth-order valence-electron chi connectivity index (χ4n) is 2.37. The first-order valence-electron chi connectivity index (χ1n) is 7.15. The standard InChI is InChI=1S/C16H13N3O4S2/c1-7-10-13(21)18-16(19-14(10)25-11(7)12(17)20)24-6-8-3-2-4-9(5-8)15(22)23/h2-5H,6H2,1H3,(H2,17,20)(H,22,23)(H,18,19,21). The number of nitrogens with zero attached hydrogens (tertiary/aromatic N) is 1. The summed E-state index contributed by atoms with van der Waals surface area (Å²) in [5.41, 5.74) is 6.53. The van der Waals surface area contributed by atoms with Crippen molar-refractivity contribution in [2.24, 2.45) is 5.73 Å². The van der Waals surface area contributed by atoms with Gasteiger partial charge in [-0.2, -0.15) is 0 Å². The summed E-state index contributed by atoms with van der Waals surface area (Å²) in [6.45, 7) is 1.67. The number of nitrogens with one attached hydrogen (secondary N) is 1. The molecule has 0 atom stereocenters. The average molecular weight is 375 g/mol. The second kappa shape index (κ2) is 6.69. The van der Waals surface area contributed by atoms with Crippen molar-refractivity contribution in [1.29, 1.82) is 0 Å². The van der Waals surface area contributed by atoms with Gasteiger partial charge in [-0.3, -0.25) is 9.59 Å². The lowest BCUT2D eigenvalue weighted by molar-refractivity contribution is 0.0696. The van der Waals surface area contributed by atoms with E-state index in [2.05, 4.69) is 9.97 Å². The minimum absolute atomic E-state index is 0.204. The van der Waals surface area contributed by atoms with E-state index in [-0.39, 0.29) is 11.1 Å². The maximum atomic E-state index is 12.3. The largest absolute Gasteiger partial charge is 0.478 e. The number of carboxylic acids is 1. The van der Waals surface area contributed by atoms with Gasteiger partial charge in [0.15, 0.2) is 5.16 Å². The van der Waals surface area contributed by atoms with Crippen LogP contribution in [-0.4, -0.2) is 27.0 Å². The molecular formula is C16H13N3O4S2. The van der Waals surface area contributed by atoms with Gasteiger partial charge in [0.05, 0.1) is 15.8 Å². The highest BCUT2D eigenvalue weighted by atomic mass is 32.2. The summed E-state index contributed by atoms with van der Waals surface area (Å²) in [5.74, 6) is -1.13. The summed E-state index contributed by atoms with van der Waals surface area (Å²) < 4.78 is 0. The van der Waals surface area contributed by atoms with Gasteiger partial charge in [0, 0.05) is 5.75 Å². The molecule has 0 fully saturated rings. The molecule has 1 aromatic carbocycles. The number of thioether (sulfide) groups is 1. The third-order valence-corrected chi connectivity index (χ3v) is 5.70. The van der Waals surface area contributed by atoms with E-state index >= 15 is 0 Å². The number of aromatic carboxylic acids is 1. The molecule has 0 radical (unpaired) electrons. The maximum absolute atomic E-state index is 12.3. The van der Waals surface area contributed by atoms with Crippen molar-refractivity contribution in [2.45, 2.75) is 17.8 Å². The van der Waals surface area contributed by atoms with Crippen molar-refractivity contribution in [3.8, 4) is 0 Å². The van der Waals surface area contributed by atoms with Gasteiger partial charge < -0.3 is 15.8 Å². The number of primary amides is 1. The summed E-state index contributed by atoms with van der Waals surface area (Å²) in [4.78, 5) is 42.5. The molecule has 2 heterocycles. The lowest BCUT2D eigenvalue weighted by Crippen LogP contribution is -2.11. The normalized spacial score (nSPS) is 10.9. The van der Waals surface area contributed by atoms with E-state index in [0.29, 0.717) is 31.6 Å². The Balaban J connectivity index is 1.90. The molecule has 2 aromatic heterocycles. The molecule has 0 bridgehead atoms. The van der Waals surface area contributed by atoms with Crippen LogP contribution in [0.3, 0.4) is 0 Å². The van der Waals surface area contributed by atoms with Crippen molar-refractivity contribution < 1.29 is 14.7 Å². The van der Waals surface area contributed by atoms with Gasteiger partial charge in [0.25, 0.3) is 11.5 Å². The predicted octanol–water partition coefficient (Wildman–Crippen LogP) is 2.38. The van der Waals surface area contributed by atoms with E-state index in [1.165, 1.54) is 17.8 Å². The Bertz CT molecular complexity index is 1060. The predicted molar refractivity (Wildman–Crippen MR) is 96.5 cm³/mol. The first-order valence-corrected chi connectivity index (χ1v) is 8.95. The lowest BCUT2D eigenvalue weighted by Gasteiger charge is -2.03. The molecule has 3 rings (SSSR count). The van der Waals surface area contributed by atoms with Gasteiger partial charge in [-0.25, -0.2) is 9.78 Å². The molecule has 0 spiro atoms. The number of hydrogen-bond donors (Lipinski definition) is 3. The van der Waals surface area contributed by atoms with Crippen LogP contribution in [0.5, 0.6) is 0 Å². The second-order valence-electron chi connectivity index (χ2n) is 5.27. The first-order chi connectivity index (χ1) is 11.9. The van der Waals surface area contributed by atoms with Gasteiger partial charge >= 0.3 is 5.97 Å². The zero-order valence-corrected chi connectivity index (χ0v) is 14.7. The van der Waals surface area contributed by atoms with E-state index in [1.807, 2.05) is 0 Å². The van der Waals surface area contributed by atoms with Gasteiger partial charge in [-0.05, 0) is 30.2 Å². The summed E-state index contributed by atoms with van der Waals surface area (Å²) in [6.07, 6.45) is 0. The Kier molecular flexibility index (Phi) is 4.60. The Morgan fingerprint density at radius 3 is 2.84 bits per heavy atom. The quantitative estimate of drug-likeness (QED) is 0.464. The van der Waals surface area contributed by atoms with Crippen LogP contribution in [0.2, 0.25) is 0 Å². The van der Waals surface area contributed by atoms with Gasteiger partial charge in [0.1, 0.15) is 4.83 Å². The van der Waals surface area contributed by atoms with Crippen LogP contribution in [0.15, 0.2) is 34.2 Å². The molecular weight excluding hydrogens is 362 g/mol. The van der Waals surface area contributed by atoms with E-state index < -0.39 is 11.9 Å². The fourth-order valence-corrected chi connectivity index (χ4v) is 4.27. The number of carbonyl (C=O) groups is 2. The van der Waals surface area contributed by atoms with Crippen molar-refractivity contribution in [1.82, 2.24) is 9.97 Å². The topological polar surface area (TPSA) is 126 Å². The van der Waals surface area contributed by atoms with E-state index in [1.54, 1.807) is 25.1 Å². The zero-order valence-electron chi connectivity index (χ0n) is 13.0. The Hall–Kier alpha value is -2.65. The number of carbonyl (C=O) groups excluding carboxylic acids is 1. The minimum atomic E-state index is -0.993. The molecule has 1 amide bonds. The maximum Gasteiger partial charge on any atom is 0.335 e. The number of carboxylic acid groups (broad SMARTS) is 1. The Morgan fingerprint density at radius 1 is 1.40 bits per heavy atom. The summed E-state index contributed by atoms with van der Waals surface area (Å²) in [5, 5.41) is 9.79. The number of hydrogen-bond acceptors (Lipinski definition) is 6. The number of aromatic amines is 1. The molecule has 0 saturated heterocycles. The molecule has 7 nitrogen and oxygen atoms in total. The molecule has 0 unspecified atom stereocenters. The van der Waals surface area contributed by atoms with Crippen LogP contribution in [0.1, 0.15) is 31.2 Å². The lowest BCUT2D eigenvalue weighted by atomic mass is 10.1. The molecule has 4 N–H and O–H groups in total. The number of aromatic nitrogens is 2. The van der Waals surface area contributed by atoms with Crippen LogP contribution >= 0.6 is 23.1 Å².